The van der Waals surface area contributed by atoms with Gasteiger partial charge in [0.1, 0.15) is 0 Å². The Bertz CT molecular complexity index is 779. The topological polar surface area (TPSA) is 23.8 Å². The average Bonchev–Trinajstić information content (AvgIpc) is 2.56. The van der Waals surface area contributed by atoms with E-state index in [-0.39, 0.29) is 0 Å². The molecular weight excluding hydrogens is 274 g/mol. The van der Waals surface area contributed by atoms with E-state index in [9.17, 15) is 0 Å². The Morgan fingerprint density at radius 3 is 2.38 bits per heavy atom. The summed E-state index contributed by atoms with van der Waals surface area (Å²) in [6, 6.07) is 25.0. The summed E-state index contributed by atoms with van der Waals surface area (Å²) in [5, 5.41) is 11.4. The Hall–Kier alpha value is -2.24. The Kier molecular flexibility index (Phi) is 4.23. The lowest BCUT2D eigenvalue weighted by atomic mass is 10.1. The van der Waals surface area contributed by atoms with Crippen LogP contribution in [0.3, 0.4) is 0 Å². The molecule has 102 valence electrons. The van der Waals surface area contributed by atoms with Gasteiger partial charge in [-0.3, -0.25) is 0 Å². The number of hydrogen-bond acceptors (Lipinski definition) is 2. The fourth-order valence-electron chi connectivity index (χ4n) is 2.37. The van der Waals surface area contributed by atoms with Gasteiger partial charge < -0.3 is 0 Å². The summed E-state index contributed by atoms with van der Waals surface area (Å²) in [7, 11) is 0. The zero-order chi connectivity index (χ0) is 14.5. The number of nitriles is 1. The zero-order valence-corrected chi connectivity index (χ0v) is 12.4. The van der Waals surface area contributed by atoms with Crippen LogP contribution >= 0.6 is 11.8 Å². The van der Waals surface area contributed by atoms with Gasteiger partial charge in [0, 0.05) is 11.5 Å². The first-order valence-electron chi connectivity index (χ1n) is 6.90. The molecule has 1 nitrogen and oxygen atoms in total. The molecule has 0 fully saturated rings. The van der Waals surface area contributed by atoms with E-state index in [1.54, 1.807) is 0 Å². The number of hydrogen-bond donors (Lipinski definition) is 0. The predicted molar refractivity (Wildman–Crippen MR) is 90.1 cm³/mol. The molecule has 0 aliphatic heterocycles. The summed E-state index contributed by atoms with van der Waals surface area (Å²) in [4.78, 5) is 0. The van der Waals surface area contributed by atoms with E-state index in [2.05, 4.69) is 48.5 Å². The molecule has 0 saturated heterocycles. The highest BCUT2D eigenvalue weighted by atomic mass is 32.2. The van der Waals surface area contributed by atoms with E-state index in [4.69, 9.17) is 5.26 Å². The number of fused-ring (bicyclic) bond motifs is 1. The summed E-state index contributed by atoms with van der Waals surface area (Å²) in [5.74, 6) is 1.97. The van der Waals surface area contributed by atoms with Crippen molar-refractivity contribution in [2.24, 2.45) is 0 Å². The zero-order valence-electron chi connectivity index (χ0n) is 11.6. The van der Waals surface area contributed by atoms with Crippen molar-refractivity contribution in [2.75, 3.05) is 0 Å². The standard InChI is InChI=1S/C19H15NS/c20-12-15-8-10-16(11-9-15)13-21-14-18-6-3-5-17-4-1-2-7-19(17)18/h1-11H,13-14H2. The van der Waals surface area contributed by atoms with Crippen molar-refractivity contribution in [3.8, 4) is 6.07 Å². The highest BCUT2D eigenvalue weighted by Gasteiger charge is 2.01. The molecule has 0 unspecified atom stereocenters. The molecule has 0 N–H and O–H groups in total. The molecule has 0 bridgehead atoms. The van der Waals surface area contributed by atoms with E-state index in [0.29, 0.717) is 0 Å². The van der Waals surface area contributed by atoms with Crippen molar-refractivity contribution >= 4 is 22.5 Å². The van der Waals surface area contributed by atoms with Crippen LogP contribution in [0.25, 0.3) is 10.8 Å². The minimum atomic E-state index is 0.720. The van der Waals surface area contributed by atoms with Crippen molar-refractivity contribution in [3.63, 3.8) is 0 Å². The van der Waals surface area contributed by atoms with Crippen molar-refractivity contribution in [3.05, 3.63) is 83.4 Å². The normalized spacial score (nSPS) is 10.4. The highest BCUT2D eigenvalue weighted by molar-refractivity contribution is 7.97. The van der Waals surface area contributed by atoms with Gasteiger partial charge >= 0.3 is 0 Å². The summed E-state index contributed by atoms with van der Waals surface area (Å²) in [6.45, 7) is 0. The molecule has 0 radical (unpaired) electrons. The quantitative estimate of drug-likeness (QED) is 0.663. The molecule has 0 atom stereocenters. The van der Waals surface area contributed by atoms with Crippen molar-refractivity contribution in [2.45, 2.75) is 11.5 Å². The number of nitrogens with zero attached hydrogens (tertiary/aromatic N) is 1. The molecular formula is C19H15NS. The van der Waals surface area contributed by atoms with Crippen LogP contribution in [0.2, 0.25) is 0 Å². The Labute approximate surface area is 129 Å². The molecule has 3 aromatic rings. The first-order valence-corrected chi connectivity index (χ1v) is 8.06. The van der Waals surface area contributed by atoms with Gasteiger partial charge in [-0.2, -0.15) is 17.0 Å². The van der Waals surface area contributed by atoms with Crippen molar-refractivity contribution < 1.29 is 0 Å². The molecule has 0 aliphatic carbocycles. The molecule has 0 amide bonds. The van der Waals surface area contributed by atoms with Crippen LogP contribution in [0.4, 0.5) is 0 Å². The van der Waals surface area contributed by atoms with Crippen LogP contribution in [0.5, 0.6) is 0 Å². The summed E-state index contributed by atoms with van der Waals surface area (Å²) < 4.78 is 0. The van der Waals surface area contributed by atoms with Crippen LogP contribution in [0.1, 0.15) is 16.7 Å². The third-order valence-electron chi connectivity index (χ3n) is 3.49. The Morgan fingerprint density at radius 1 is 0.810 bits per heavy atom. The summed E-state index contributed by atoms with van der Waals surface area (Å²) >= 11 is 1.90. The fraction of sp³-hybridized carbons (Fsp3) is 0.105. The highest BCUT2D eigenvalue weighted by Crippen LogP contribution is 2.24. The molecule has 0 aromatic heterocycles. The van der Waals surface area contributed by atoms with Crippen LogP contribution < -0.4 is 0 Å². The lowest BCUT2D eigenvalue weighted by molar-refractivity contribution is 1.37. The second-order valence-corrected chi connectivity index (χ2v) is 5.93. The maximum Gasteiger partial charge on any atom is 0.0991 e. The summed E-state index contributed by atoms with van der Waals surface area (Å²) in [5.41, 5.74) is 3.36. The molecule has 3 rings (SSSR count). The van der Waals surface area contributed by atoms with Gasteiger partial charge in [0.05, 0.1) is 11.6 Å². The molecule has 3 aromatic carbocycles. The molecule has 0 heterocycles. The van der Waals surface area contributed by atoms with E-state index < -0.39 is 0 Å². The monoisotopic (exact) mass is 289 g/mol. The van der Waals surface area contributed by atoms with E-state index in [0.717, 1.165) is 17.1 Å². The van der Waals surface area contributed by atoms with E-state index >= 15 is 0 Å². The molecule has 0 aliphatic rings. The predicted octanol–water partition coefficient (Wildman–Crippen LogP) is 5.14. The van der Waals surface area contributed by atoms with E-state index in [1.165, 1.54) is 21.9 Å². The van der Waals surface area contributed by atoms with Gasteiger partial charge in [-0.05, 0) is 34.0 Å². The van der Waals surface area contributed by atoms with Crippen LogP contribution in [-0.4, -0.2) is 0 Å². The Balaban J connectivity index is 1.68. The number of thioether (sulfide) groups is 1. The van der Waals surface area contributed by atoms with E-state index in [1.807, 2.05) is 36.0 Å². The van der Waals surface area contributed by atoms with Gasteiger partial charge in [0.15, 0.2) is 0 Å². The van der Waals surface area contributed by atoms with Gasteiger partial charge in [-0.15, -0.1) is 0 Å². The van der Waals surface area contributed by atoms with Gasteiger partial charge in [-0.1, -0.05) is 54.6 Å². The number of benzene rings is 3. The molecule has 2 heteroatoms. The maximum absolute atomic E-state index is 8.80. The third kappa shape index (κ3) is 3.26. The first-order chi connectivity index (χ1) is 10.4. The first kappa shape index (κ1) is 13.7. The largest absolute Gasteiger partial charge is 0.192 e. The average molecular weight is 289 g/mol. The summed E-state index contributed by atoms with van der Waals surface area (Å²) in [6.07, 6.45) is 0. The maximum atomic E-state index is 8.80. The number of rotatable bonds is 4. The second kappa shape index (κ2) is 6.47. The second-order valence-electron chi connectivity index (χ2n) is 4.94. The van der Waals surface area contributed by atoms with Crippen molar-refractivity contribution in [1.29, 1.82) is 5.26 Å². The van der Waals surface area contributed by atoms with Gasteiger partial charge in [0.25, 0.3) is 0 Å². The molecule has 0 spiro atoms. The molecule has 21 heavy (non-hydrogen) atoms. The Morgan fingerprint density at radius 2 is 1.57 bits per heavy atom. The van der Waals surface area contributed by atoms with Gasteiger partial charge in [-0.25, -0.2) is 0 Å². The van der Waals surface area contributed by atoms with Crippen LogP contribution in [0, 0.1) is 11.3 Å². The minimum Gasteiger partial charge on any atom is -0.192 e. The fourth-order valence-corrected chi connectivity index (χ4v) is 3.37. The lowest BCUT2D eigenvalue weighted by Crippen LogP contribution is -1.86. The third-order valence-corrected chi connectivity index (χ3v) is 4.54. The van der Waals surface area contributed by atoms with Crippen LogP contribution in [-0.2, 0) is 11.5 Å². The van der Waals surface area contributed by atoms with Crippen molar-refractivity contribution in [1.82, 2.24) is 0 Å². The minimum absolute atomic E-state index is 0.720. The lowest BCUT2D eigenvalue weighted by Gasteiger charge is -2.06. The smallest absolute Gasteiger partial charge is 0.0991 e. The molecule has 0 saturated carbocycles. The SMILES string of the molecule is N#Cc1ccc(CSCc2cccc3ccccc23)cc1. The van der Waals surface area contributed by atoms with Crippen LogP contribution in [0.15, 0.2) is 66.7 Å². The van der Waals surface area contributed by atoms with Gasteiger partial charge in [0.2, 0.25) is 0 Å².